The Morgan fingerprint density at radius 3 is 2.72 bits per heavy atom. The predicted octanol–water partition coefficient (Wildman–Crippen LogP) is 4.80. The molecule has 2 aromatic carbocycles. The van der Waals surface area contributed by atoms with Crippen LogP contribution in [0.3, 0.4) is 0 Å². The second-order valence-corrected chi connectivity index (χ2v) is 6.61. The number of ether oxygens (including phenoxy) is 1. The van der Waals surface area contributed by atoms with E-state index in [1.165, 1.54) is 11.6 Å². The molecule has 0 saturated carbocycles. The number of thiazole rings is 1. The third kappa shape index (κ3) is 3.46. The van der Waals surface area contributed by atoms with E-state index in [0.717, 1.165) is 21.7 Å². The standard InChI is InChI=1S/C20H15NO3S/c1-13-2-4-15(5-3-13)20-21-16(12-25-20)11-23-17-8-6-14-7-9-19(22)24-18(14)10-17/h2-10,12H,11H2,1H3. The number of hydrogen-bond donors (Lipinski definition) is 0. The van der Waals surface area contributed by atoms with Crippen LogP contribution in [0.5, 0.6) is 5.75 Å². The Morgan fingerprint density at radius 2 is 1.88 bits per heavy atom. The van der Waals surface area contributed by atoms with Crippen molar-refractivity contribution in [3.05, 3.63) is 81.7 Å². The summed E-state index contributed by atoms with van der Waals surface area (Å²) in [4.78, 5) is 15.9. The molecular formula is C20H15NO3S. The van der Waals surface area contributed by atoms with E-state index in [1.807, 2.05) is 17.5 Å². The maximum Gasteiger partial charge on any atom is 0.336 e. The van der Waals surface area contributed by atoms with Gasteiger partial charge < -0.3 is 9.15 Å². The van der Waals surface area contributed by atoms with Gasteiger partial charge in [-0.15, -0.1) is 11.3 Å². The summed E-state index contributed by atoms with van der Waals surface area (Å²) in [5.41, 5.74) is 3.35. The van der Waals surface area contributed by atoms with E-state index in [0.29, 0.717) is 17.9 Å². The van der Waals surface area contributed by atoms with Crippen molar-refractivity contribution < 1.29 is 9.15 Å². The Labute approximate surface area is 148 Å². The molecule has 0 saturated heterocycles. The average molecular weight is 349 g/mol. The van der Waals surface area contributed by atoms with Crippen molar-refractivity contribution in [3.8, 4) is 16.3 Å². The van der Waals surface area contributed by atoms with E-state index in [2.05, 4.69) is 36.2 Å². The van der Waals surface area contributed by atoms with Gasteiger partial charge in [0.05, 0.1) is 5.69 Å². The zero-order chi connectivity index (χ0) is 17.2. The number of fused-ring (bicyclic) bond motifs is 1. The molecule has 124 valence electrons. The highest BCUT2D eigenvalue weighted by Gasteiger charge is 2.06. The third-order valence-corrected chi connectivity index (χ3v) is 4.77. The van der Waals surface area contributed by atoms with E-state index in [1.54, 1.807) is 23.5 Å². The van der Waals surface area contributed by atoms with Crippen LogP contribution in [0.4, 0.5) is 0 Å². The van der Waals surface area contributed by atoms with Crippen LogP contribution < -0.4 is 10.4 Å². The van der Waals surface area contributed by atoms with Gasteiger partial charge in [0.2, 0.25) is 0 Å². The van der Waals surface area contributed by atoms with E-state index >= 15 is 0 Å². The van der Waals surface area contributed by atoms with Crippen LogP contribution in [0.15, 0.2) is 69.2 Å². The summed E-state index contributed by atoms with van der Waals surface area (Å²) >= 11 is 1.60. The van der Waals surface area contributed by atoms with E-state index < -0.39 is 0 Å². The molecule has 0 spiro atoms. The largest absolute Gasteiger partial charge is 0.487 e. The number of nitrogens with zero attached hydrogens (tertiary/aromatic N) is 1. The van der Waals surface area contributed by atoms with Crippen molar-refractivity contribution in [1.29, 1.82) is 0 Å². The Bertz CT molecular complexity index is 1080. The van der Waals surface area contributed by atoms with Gasteiger partial charge >= 0.3 is 5.63 Å². The molecule has 0 bridgehead atoms. The second-order valence-electron chi connectivity index (χ2n) is 5.75. The Balaban J connectivity index is 1.50. The summed E-state index contributed by atoms with van der Waals surface area (Å²) < 4.78 is 11.0. The molecule has 0 N–H and O–H groups in total. The molecule has 0 fully saturated rings. The molecule has 0 atom stereocenters. The lowest BCUT2D eigenvalue weighted by Gasteiger charge is -2.05. The summed E-state index contributed by atoms with van der Waals surface area (Å²) in [6.45, 7) is 2.43. The first kappa shape index (κ1) is 15.6. The van der Waals surface area contributed by atoms with Gasteiger partial charge in [-0.25, -0.2) is 9.78 Å². The highest BCUT2D eigenvalue weighted by atomic mass is 32.1. The van der Waals surface area contributed by atoms with Crippen LogP contribution >= 0.6 is 11.3 Å². The van der Waals surface area contributed by atoms with Crippen LogP contribution in [-0.2, 0) is 6.61 Å². The smallest absolute Gasteiger partial charge is 0.336 e. The van der Waals surface area contributed by atoms with Crippen LogP contribution in [0.25, 0.3) is 21.5 Å². The molecule has 4 nitrogen and oxygen atoms in total. The number of benzene rings is 2. The van der Waals surface area contributed by atoms with Gasteiger partial charge in [0.1, 0.15) is 22.9 Å². The Hall–Kier alpha value is -2.92. The third-order valence-electron chi connectivity index (χ3n) is 3.83. The minimum atomic E-state index is -0.369. The molecule has 0 aliphatic heterocycles. The minimum absolute atomic E-state index is 0.366. The van der Waals surface area contributed by atoms with Gasteiger partial charge in [-0.2, -0.15) is 0 Å². The van der Waals surface area contributed by atoms with Crippen molar-refractivity contribution in [1.82, 2.24) is 4.98 Å². The highest BCUT2D eigenvalue weighted by molar-refractivity contribution is 7.13. The first-order chi connectivity index (χ1) is 12.2. The fourth-order valence-electron chi connectivity index (χ4n) is 2.49. The van der Waals surface area contributed by atoms with Crippen molar-refractivity contribution in [2.45, 2.75) is 13.5 Å². The number of aryl methyl sites for hydroxylation is 1. The van der Waals surface area contributed by atoms with E-state index in [9.17, 15) is 4.79 Å². The molecule has 5 heteroatoms. The van der Waals surface area contributed by atoms with Gasteiger partial charge in [0, 0.05) is 28.5 Å². The quantitative estimate of drug-likeness (QED) is 0.496. The highest BCUT2D eigenvalue weighted by Crippen LogP contribution is 2.25. The molecule has 0 aliphatic carbocycles. The van der Waals surface area contributed by atoms with Crippen molar-refractivity contribution in [2.24, 2.45) is 0 Å². The molecule has 0 unspecified atom stereocenters. The molecule has 2 heterocycles. The fourth-order valence-corrected chi connectivity index (χ4v) is 3.30. The van der Waals surface area contributed by atoms with Gasteiger partial charge in [-0.1, -0.05) is 29.8 Å². The lowest BCUT2D eigenvalue weighted by atomic mass is 10.2. The van der Waals surface area contributed by atoms with Gasteiger partial charge in [0.15, 0.2) is 0 Å². The van der Waals surface area contributed by atoms with Crippen LogP contribution in [0, 0.1) is 6.92 Å². The van der Waals surface area contributed by atoms with Crippen molar-refractivity contribution in [2.75, 3.05) is 0 Å². The Morgan fingerprint density at radius 1 is 1.08 bits per heavy atom. The topological polar surface area (TPSA) is 52.3 Å². The van der Waals surface area contributed by atoms with Crippen molar-refractivity contribution in [3.63, 3.8) is 0 Å². The van der Waals surface area contributed by atoms with Gasteiger partial charge in [-0.05, 0) is 25.1 Å². The molecular weight excluding hydrogens is 334 g/mol. The van der Waals surface area contributed by atoms with Gasteiger partial charge in [0.25, 0.3) is 0 Å². The lowest BCUT2D eigenvalue weighted by Crippen LogP contribution is -1.97. The molecule has 0 amide bonds. The second kappa shape index (κ2) is 6.53. The molecule has 4 rings (SSSR count). The fraction of sp³-hybridized carbons (Fsp3) is 0.100. The molecule has 25 heavy (non-hydrogen) atoms. The maximum atomic E-state index is 11.3. The number of aromatic nitrogens is 1. The molecule has 2 aromatic heterocycles. The predicted molar refractivity (Wildman–Crippen MR) is 99.1 cm³/mol. The monoisotopic (exact) mass is 349 g/mol. The van der Waals surface area contributed by atoms with Crippen LogP contribution in [-0.4, -0.2) is 4.98 Å². The number of rotatable bonds is 4. The summed E-state index contributed by atoms with van der Waals surface area (Å²) in [6.07, 6.45) is 0. The van der Waals surface area contributed by atoms with Crippen LogP contribution in [0.1, 0.15) is 11.3 Å². The molecule has 0 radical (unpaired) electrons. The summed E-state index contributed by atoms with van der Waals surface area (Å²) in [6, 6.07) is 16.9. The first-order valence-corrected chi connectivity index (χ1v) is 8.73. The summed E-state index contributed by atoms with van der Waals surface area (Å²) in [5, 5.41) is 3.83. The van der Waals surface area contributed by atoms with Crippen LogP contribution in [0.2, 0.25) is 0 Å². The normalized spacial score (nSPS) is 10.9. The van der Waals surface area contributed by atoms with Crippen molar-refractivity contribution >= 4 is 22.3 Å². The van der Waals surface area contributed by atoms with E-state index in [4.69, 9.17) is 9.15 Å². The lowest BCUT2D eigenvalue weighted by molar-refractivity contribution is 0.302. The first-order valence-electron chi connectivity index (χ1n) is 7.85. The average Bonchev–Trinajstić information content (AvgIpc) is 3.09. The van der Waals surface area contributed by atoms with E-state index in [-0.39, 0.29) is 5.63 Å². The SMILES string of the molecule is Cc1ccc(-c2nc(COc3ccc4ccc(=O)oc4c3)cs2)cc1. The zero-order valence-corrected chi connectivity index (χ0v) is 14.4. The maximum absolute atomic E-state index is 11.3. The van der Waals surface area contributed by atoms with Gasteiger partial charge in [-0.3, -0.25) is 0 Å². The zero-order valence-electron chi connectivity index (χ0n) is 13.6. The Kier molecular flexibility index (Phi) is 4.07. The molecule has 4 aromatic rings. The summed E-state index contributed by atoms with van der Waals surface area (Å²) in [5.74, 6) is 0.645. The molecule has 0 aliphatic rings. The summed E-state index contributed by atoms with van der Waals surface area (Å²) in [7, 11) is 0. The minimum Gasteiger partial charge on any atom is -0.487 e. The number of hydrogen-bond acceptors (Lipinski definition) is 5.